The number of hydrogen-bond acceptors (Lipinski definition) is 4. The molecule has 0 bridgehead atoms. The number of hydrogen-bond donors (Lipinski definition) is 2. The van der Waals surface area contributed by atoms with Gasteiger partial charge in [-0.1, -0.05) is 6.07 Å². The molecule has 2 heterocycles. The zero-order chi connectivity index (χ0) is 16.2. The Balaban J connectivity index is 1.62. The number of H-pyrrole nitrogens is 1. The van der Waals surface area contributed by atoms with Crippen molar-refractivity contribution in [3.05, 3.63) is 47.3 Å². The topological polar surface area (TPSA) is 76.2 Å². The van der Waals surface area contributed by atoms with Crippen molar-refractivity contribution in [2.45, 2.75) is 19.4 Å². The summed E-state index contributed by atoms with van der Waals surface area (Å²) in [5.41, 5.74) is 2.64. The summed E-state index contributed by atoms with van der Waals surface area (Å²) in [4.78, 5) is 12.3. The van der Waals surface area contributed by atoms with Crippen LogP contribution in [0.3, 0.4) is 0 Å². The van der Waals surface area contributed by atoms with Gasteiger partial charge in [-0.3, -0.25) is 9.89 Å². The molecule has 0 radical (unpaired) electrons. The van der Waals surface area contributed by atoms with E-state index in [-0.39, 0.29) is 17.9 Å². The Morgan fingerprint density at radius 1 is 1.52 bits per heavy atom. The summed E-state index contributed by atoms with van der Waals surface area (Å²) < 4.78 is 11.0. The molecule has 0 aliphatic carbocycles. The average molecular weight is 315 g/mol. The molecule has 1 amide bonds. The van der Waals surface area contributed by atoms with E-state index in [1.807, 2.05) is 25.3 Å². The van der Waals surface area contributed by atoms with Crippen LogP contribution in [0.4, 0.5) is 0 Å². The lowest BCUT2D eigenvalue weighted by Gasteiger charge is -2.18. The van der Waals surface area contributed by atoms with Gasteiger partial charge in [0, 0.05) is 36.4 Å². The van der Waals surface area contributed by atoms with Crippen molar-refractivity contribution >= 4 is 5.91 Å². The standard InChI is InChI=1S/C17H21N3O3/c1-11-3-4-12(7-15(11)22-2)17(21)18-8-13-5-6-23-16(13)14-9-19-20-10-14/h3-4,7,9-10,13,16H,5-6,8H2,1-2H3,(H,18,21)(H,19,20)/t13-,16+/m1/s1. The lowest BCUT2D eigenvalue weighted by Crippen LogP contribution is -2.30. The van der Waals surface area contributed by atoms with Gasteiger partial charge in [0.2, 0.25) is 0 Å². The second kappa shape index (κ2) is 6.83. The normalized spacial score (nSPS) is 20.4. The first kappa shape index (κ1) is 15.6. The number of benzene rings is 1. The number of methoxy groups -OCH3 is 1. The van der Waals surface area contributed by atoms with Crippen molar-refractivity contribution in [2.24, 2.45) is 5.92 Å². The number of aromatic amines is 1. The molecule has 3 rings (SSSR count). The molecule has 122 valence electrons. The second-order valence-electron chi connectivity index (χ2n) is 5.77. The van der Waals surface area contributed by atoms with Crippen LogP contribution in [0.15, 0.2) is 30.6 Å². The van der Waals surface area contributed by atoms with Crippen LogP contribution < -0.4 is 10.1 Å². The van der Waals surface area contributed by atoms with E-state index in [4.69, 9.17) is 9.47 Å². The number of carbonyl (C=O) groups is 1. The van der Waals surface area contributed by atoms with Gasteiger partial charge in [0.05, 0.1) is 19.4 Å². The molecular weight excluding hydrogens is 294 g/mol. The first-order valence-corrected chi connectivity index (χ1v) is 7.72. The number of rotatable bonds is 5. The van der Waals surface area contributed by atoms with Crippen molar-refractivity contribution in [3.63, 3.8) is 0 Å². The van der Waals surface area contributed by atoms with Crippen LogP contribution in [-0.2, 0) is 4.74 Å². The number of amides is 1. The van der Waals surface area contributed by atoms with E-state index in [0.29, 0.717) is 18.7 Å². The number of nitrogens with one attached hydrogen (secondary N) is 2. The van der Waals surface area contributed by atoms with E-state index in [0.717, 1.165) is 23.3 Å². The summed E-state index contributed by atoms with van der Waals surface area (Å²) in [5, 5.41) is 9.77. The minimum atomic E-state index is -0.0962. The molecular formula is C17H21N3O3. The Morgan fingerprint density at radius 3 is 3.13 bits per heavy atom. The highest BCUT2D eigenvalue weighted by atomic mass is 16.5. The molecule has 2 atom stereocenters. The molecule has 1 aromatic carbocycles. The third-order valence-electron chi connectivity index (χ3n) is 4.26. The minimum Gasteiger partial charge on any atom is -0.496 e. The van der Waals surface area contributed by atoms with Gasteiger partial charge in [-0.25, -0.2) is 0 Å². The molecule has 1 aliphatic rings. The van der Waals surface area contributed by atoms with Gasteiger partial charge in [-0.05, 0) is 31.0 Å². The van der Waals surface area contributed by atoms with Crippen molar-refractivity contribution in [1.82, 2.24) is 15.5 Å². The highest BCUT2D eigenvalue weighted by Gasteiger charge is 2.30. The Labute approximate surface area is 135 Å². The van der Waals surface area contributed by atoms with Crippen LogP contribution in [0.25, 0.3) is 0 Å². The fourth-order valence-corrected chi connectivity index (χ4v) is 2.91. The van der Waals surface area contributed by atoms with Gasteiger partial charge >= 0.3 is 0 Å². The molecule has 6 nitrogen and oxygen atoms in total. The molecule has 0 unspecified atom stereocenters. The SMILES string of the molecule is COc1cc(C(=O)NC[C@H]2CCO[C@@H]2c2cn[nH]c2)ccc1C. The fraction of sp³-hybridized carbons (Fsp3) is 0.412. The maximum Gasteiger partial charge on any atom is 0.251 e. The molecule has 2 aromatic rings. The maximum absolute atomic E-state index is 12.3. The smallest absolute Gasteiger partial charge is 0.251 e. The molecule has 23 heavy (non-hydrogen) atoms. The first-order valence-electron chi connectivity index (χ1n) is 7.72. The summed E-state index contributed by atoms with van der Waals surface area (Å²) in [5.74, 6) is 0.878. The highest BCUT2D eigenvalue weighted by Crippen LogP contribution is 2.33. The first-order chi connectivity index (χ1) is 11.2. The number of nitrogens with zero attached hydrogens (tertiary/aromatic N) is 1. The molecule has 1 saturated heterocycles. The van der Waals surface area contributed by atoms with Gasteiger partial charge in [0.1, 0.15) is 5.75 Å². The predicted octanol–water partition coefficient (Wildman–Crippen LogP) is 2.23. The second-order valence-corrected chi connectivity index (χ2v) is 5.77. The molecule has 0 saturated carbocycles. The number of aromatic nitrogens is 2. The number of ether oxygens (including phenoxy) is 2. The van der Waals surface area contributed by atoms with Gasteiger partial charge in [0.25, 0.3) is 5.91 Å². The number of carbonyl (C=O) groups excluding carboxylic acids is 1. The summed E-state index contributed by atoms with van der Waals surface area (Å²) in [6.45, 7) is 3.23. The van der Waals surface area contributed by atoms with Crippen LogP contribution in [0.5, 0.6) is 5.75 Å². The van der Waals surface area contributed by atoms with Crippen LogP contribution >= 0.6 is 0 Å². The Hall–Kier alpha value is -2.34. The zero-order valence-electron chi connectivity index (χ0n) is 13.3. The van der Waals surface area contributed by atoms with Gasteiger partial charge in [0.15, 0.2) is 0 Å². The van der Waals surface area contributed by atoms with E-state index in [1.165, 1.54) is 0 Å². The van der Waals surface area contributed by atoms with Gasteiger partial charge in [-0.2, -0.15) is 5.10 Å². The molecule has 6 heteroatoms. The van der Waals surface area contributed by atoms with Crippen molar-refractivity contribution in [1.29, 1.82) is 0 Å². The number of aryl methyl sites for hydroxylation is 1. The minimum absolute atomic E-state index is 0.0124. The van der Waals surface area contributed by atoms with E-state index in [2.05, 4.69) is 15.5 Å². The van der Waals surface area contributed by atoms with Crippen LogP contribution in [-0.4, -0.2) is 36.4 Å². The molecule has 1 aliphatic heterocycles. The Kier molecular flexibility index (Phi) is 4.62. The summed E-state index contributed by atoms with van der Waals surface area (Å²) >= 11 is 0. The van der Waals surface area contributed by atoms with E-state index >= 15 is 0 Å². The lowest BCUT2D eigenvalue weighted by atomic mass is 9.97. The van der Waals surface area contributed by atoms with Crippen LogP contribution in [0.1, 0.15) is 34.0 Å². The zero-order valence-corrected chi connectivity index (χ0v) is 13.3. The van der Waals surface area contributed by atoms with Gasteiger partial charge < -0.3 is 14.8 Å². The highest BCUT2D eigenvalue weighted by molar-refractivity contribution is 5.94. The average Bonchev–Trinajstić information content (AvgIpc) is 3.23. The van der Waals surface area contributed by atoms with Crippen molar-refractivity contribution < 1.29 is 14.3 Å². The van der Waals surface area contributed by atoms with Crippen LogP contribution in [0, 0.1) is 12.8 Å². The molecule has 1 aromatic heterocycles. The maximum atomic E-state index is 12.3. The van der Waals surface area contributed by atoms with Gasteiger partial charge in [-0.15, -0.1) is 0 Å². The quantitative estimate of drug-likeness (QED) is 0.887. The monoisotopic (exact) mass is 315 g/mol. The predicted molar refractivity (Wildman–Crippen MR) is 85.5 cm³/mol. The summed E-state index contributed by atoms with van der Waals surface area (Å²) in [6, 6.07) is 5.47. The fourth-order valence-electron chi connectivity index (χ4n) is 2.91. The largest absolute Gasteiger partial charge is 0.496 e. The van der Waals surface area contributed by atoms with E-state index in [9.17, 15) is 4.79 Å². The van der Waals surface area contributed by atoms with Crippen LogP contribution in [0.2, 0.25) is 0 Å². The summed E-state index contributed by atoms with van der Waals surface area (Å²) in [6.07, 6.45) is 4.53. The third kappa shape index (κ3) is 3.37. The molecule has 1 fully saturated rings. The summed E-state index contributed by atoms with van der Waals surface area (Å²) in [7, 11) is 1.61. The molecule has 0 spiro atoms. The van der Waals surface area contributed by atoms with E-state index < -0.39 is 0 Å². The van der Waals surface area contributed by atoms with Crippen molar-refractivity contribution in [3.8, 4) is 5.75 Å². The Bertz CT molecular complexity index is 670. The Morgan fingerprint density at radius 2 is 2.39 bits per heavy atom. The molecule has 2 N–H and O–H groups in total. The lowest BCUT2D eigenvalue weighted by molar-refractivity contribution is 0.0846. The van der Waals surface area contributed by atoms with E-state index in [1.54, 1.807) is 19.4 Å². The third-order valence-corrected chi connectivity index (χ3v) is 4.26. The van der Waals surface area contributed by atoms with Crippen molar-refractivity contribution in [2.75, 3.05) is 20.3 Å².